The number of nitrogens with zero attached hydrogens (tertiary/aromatic N) is 2. The number of phenols is 1. The number of aromatic hydroxyl groups is 1. The molecular formula is C11H8Cl2N4O2. The summed E-state index contributed by atoms with van der Waals surface area (Å²) in [5, 5.41) is 12.1. The molecule has 0 spiro atoms. The topological polar surface area (TPSA) is 101 Å². The zero-order chi connectivity index (χ0) is 14.0. The Morgan fingerprint density at radius 3 is 2.74 bits per heavy atom. The number of hydrogen-bond donors (Lipinski definition) is 3. The zero-order valence-corrected chi connectivity index (χ0v) is 10.9. The highest BCUT2D eigenvalue weighted by Crippen LogP contribution is 2.25. The highest BCUT2D eigenvalue weighted by Gasteiger charge is 2.14. The van der Waals surface area contributed by atoms with E-state index in [-0.39, 0.29) is 33.3 Å². The van der Waals surface area contributed by atoms with Crippen molar-refractivity contribution in [2.75, 3.05) is 11.1 Å². The molecule has 0 radical (unpaired) electrons. The number of benzene rings is 1. The molecule has 19 heavy (non-hydrogen) atoms. The third-order valence-corrected chi connectivity index (χ3v) is 2.58. The molecule has 2 rings (SSSR count). The molecule has 0 bridgehead atoms. The summed E-state index contributed by atoms with van der Waals surface area (Å²) in [5.74, 6) is -0.765. The van der Waals surface area contributed by atoms with Gasteiger partial charge in [-0.25, -0.2) is 9.97 Å². The average Bonchev–Trinajstić information content (AvgIpc) is 2.31. The number of para-hydroxylation sites is 1. The van der Waals surface area contributed by atoms with E-state index in [1.165, 1.54) is 18.2 Å². The van der Waals surface area contributed by atoms with E-state index in [0.29, 0.717) is 0 Å². The van der Waals surface area contributed by atoms with Gasteiger partial charge in [0.15, 0.2) is 5.75 Å². The number of carbonyl (C=O) groups is 1. The fourth-order valence-corrected chi connectivity index (χ4v) is 1.79. The summed E-state index contributed by atoms with van der Waals surface area (Å²) in [6, 6.07) is 5.77. The van der Waals surface area contributed by atoms with Crippen LogP contribution in [0, 0.1) is 0 Å². The third-order valence-electron chi connectivity index (χ3n) is 2.22. The van der Waals surface area contributed by atoms with Crippen LogP contribution in [0.3, 0.4) is 0 Å². The summed E-state index contributed by atoms with van der Waals surface area (Å²) in [7, 11) is 0. The average molecular weight is 299 g/mol. The Balaban J connectivity index is 2.28. The summed E-state index contributed by atoms with van der Waals surface area (Å²) in [6.45, 7) is 0. The van der Waals surface area contributed by atoms with Crippen LogP contribution in [0.5, 0.6) is 5.75 Å². The van der Waals surface area contributed by atoms with E-state index in [0.717, 1.165) is 0 Å². The van der Waals surface area contributed by atoms with Gasteiger partial charge >= 0.3 is 0 Å². The lowest BCUT2D eigenvalue weighted by atomic mass is 10.1. The van der Waals surface area contributed by atoms with Crippen molar-refractivity contribution in [1.29, 1.82) is 0 Å². The smallest absolute Gasteiger partial charge is 0.260 e. The number of phenolic OH excluding ortho intramolecular Hbond substituents is 1. The van der Waals surface area contributed by atoms with Crippen molar-refractivity contribution in [1.82, 2.24) is 9.97 Å². The van der Waals surface area contributed by atoms with Crippen LogP contribution >= 0.6 is 23.2 Å². The molecule has 0 aliphatic rings. The third kappa shape index (κ3) is 3.04. The Morgan fingerprint density at radius 1 is 1.32 bits per heavy atom. The quantitative estimate of drug-likeness (QED) is 0.342. The highest BCUT2D eigenvalue weighted by atomic mass is 35.5. The van der Waals surface area contributed by atoms with E-state index in [9.17, 15) is 9.90 Å². The van der Waals surface area contributed by atoms with Crippen LogP contribution in [0.15, 0.2) is 24.3 Å². The molecule has 1 aromatic heterocycles. The molecule has 1 heterocycles. The van der Waals surface area contributed by atoms with Crippen LogP contribution in [0.1, 0.15) is 10.4 Å². The van der Waals surface area contributed by atoms with Gasteiger partial charge in [0, 0.05) is 6.07 Å². The summed E-state index contributed by atoms with van der Waals surface area (Å²) in [5.41, 5.74) is 5.62. The highest BCUT2D eigenvalue weighted by molar-refractivity contribution is 6.32. The molecule has 8 heteroatoms. The molecule has 6 nitrogen and oxygen atoms in total. The first-order valence-electron chi connectivity index (χ1n) is 5.06. The fourth-order valence-electron chi connectivity index (χ4n) is 1.38. The van der Waals surface area contributed by atoms with E-state index < -0.39 is 5.91 Å². The molecule has 0 saturated heterocycles. The van der Waals surface area contributed by atoms with E-state index in [4.69, 9.17) is 28.9 Å². The van der Waals surface area contributed by atoms with E-state index >= 15 is 0 Å². The predicted octanol–water partition coefficient (Wildman–Crippen LogP) is 2.32. The summed E-state index contributed by atoms with van der Waals surface area (Å²) in [4.78, 5) is 19.4. The number of anilines is 2. The molecule has 0 fully saturated rings. The van der Waals surface area contributed by atoms with Crippen LogP contribution in [0.4, 0.5) is 11.5 Å². The number of halogens is 2. The van der Waals surface area contributed by atoms with Gasteiger partial charge in [-0.05, 0) is 23.7 Å². The fraction of sp³-hybridized carbons (Fsp3) is 0. The first-order chi connectivity index (χ1) is 8.97. The van der Waals surface area contributed by atoms with Gasteiger partial charge < -0.3 is 16.2 Å². The minimum absolute atomic E-state index is 0.0193. The number of rotatable bonds is 2. The minimum Gasteiger partial charge on any atom is -0.505 e. The number of nitrogen functional groups attached to an aromatic ring is 1. The Bertz CT molecular complexity index is 628. The largest absolute Gasteiger partial charge is 0.505 e. The van der Waals surface area contributed by atoms with E-state index in [1.54, 1.807) is 6.07 Å². The summed E-state index contributed by atoms with van der Waals surface area (Å²) < 4.78 is 0. The molecule has 0 aliphatic heterocycles. The van der Waals surface area contributed by atoms with E-state index in [1.807, 2.05) is 0 Å². The Hall–Kier alpha value is -2.05. The summed E-state index contributed by atoms with van der Waals surface area (Å²) >= 11 is 11.3. The maximum absolute atomic E-state index is 11.9. The standard InChI is InChI=1S/C11H8Cl2N4O2/c12-7-4-8(17-11(13)15-7)16-10(19)5-2-1-3-6(14)9(5)18/h1-4,18H,14H2,(H,15,16,17,19). The monoisotopic (exact) mass is 298 g/mol. The maximum atomic E-state index is 11.9. The van der Waals surface area contributed by atoms with Crippen LogP contribution in [-0.2, 0) is 0 Å². The lowest BCUT2D eigenvalue weighted by Gasteiger charge is -2.07. The van der Waals surface area contributed by atoms with Crippen LogP contribution < -0.4 is 11.1 Å². The van der Waals surface area contributed by atoms with Gasteiger partial charge in [0.2, 0.25) is 5.28 Å². The van der Waals surface area contributed by atoms with Crippen LogP contribution in [-0.4, -0.2) is 21.0 Å². The van der Waals surface area contributed by atoms with Gasteiger partial charge in [-0.15, -0.1) is 0 Å². The molecule has 98 valence electrons. The minimum atomic E-state index is -0.587. The number of hydrogen-bond acceptors (Lipinski definition) is 5. The van der Waals surface area contributed by atoms with Crippen molar-refractivity contribution in [3.8, 4) is 5.75 Å². The molecule has 0 aliphatic carbocycles. The van der Waals surface area contributed by atoms with Crippen molar-refractivity contribution in [3.05, 3.63) is 40.3 Å². The van der Waals surface area contributed by atoms with Crippen molar-refractivity contribution in [2.45, 2.75) is 0 Å². The number of nitrogens with one attached hydrogen (secondary N) is 1. The van der Waals surface area contributed by atoms with Gasteiger partial charge in [0.1, 0.15) is 11.0 Å². The molecule has 2 aromatic rings. The normalized spacial score (nSPS) is 10.2. The Morgan fingerprint density at radius 2 is 2.05 bits per heavy atom. The second-order valence-corrected chi connectivity index (χ2v) is 4.27. The zero-order valence-electron chi connectivity index (χ0n) is 9.39. The number of amides is 1. The Kier molecular flexibility index (Phi) is 3.73. The molecular weight excluding hydrogens is 291 g/mol. The number of aromatic nitrogens is 2. The number of carbonyl (C=O) groups excluding carboxylic acids is 1. The van der Waals surface area contributed by atoms with Crippen LogP contribution in [0.25, 0.3) is 0 Å². The first kappa shape index (κ1) is 13.4. The maximum Gasteiger partial charge on any atom is 0.260 e. The Labute approximate surface area is 118 Å². The second-order valence-electron chi connectivity index (χ2n) is 3.54. The van der Waals surface area contributed by atoms with Gasteiger partial charge in [0.25, 0.3) is 5.91 Å². The summed E-state index contributed by atoms with van der Waals surface area (Å²) in [6.07, 6.45) is 0. The van der Waals surface area contributed by atoms with Crippen molar-refractivity contribution >= 4 is 40.6 Å². The molecule has 4 N–H and O–H groups in total. The molecule has 1 aromatic carbocycles. The van der Waals surface area contributed by atoms with E-state index in [2.05, 4.69) is 15.3 Å². The lowest BCUT2D eigenvalue weighted by molar-refractivity contribution is 0.102. The predicted molar refractivity (Wildman–Crippen MR) is 72.5 cm³/mol. The van der Waals surface area contributed by atoms with Crippen LogP contribution in [0.2, 0.25) is 10.4 Å². The van der Waals surface area contributed by atoms with Gasteiger partial charge in [0.05, 0.1) is 11.3 Å². The molecule has 0 unspecified atom stereocenters. The van der Waals surface area contributed by atoms with Gasteiger partial charge in [-0.1, -0.05) is 17.7 Å². The lowest BCUT2D eigenvalue weighted by Crippen LogP contribution is -2.14. The molecule has 0 atom stereocenters. The number of nitrogens with two attached hydrogens (primary N) is 1. The molecule has 0 saturated carbocycles. The van der Waals surface area contributed by atoms with Gasteiger partial charge in [-0.3, -0.25) is 4.79 Å². The van der Waals surface area contributed by atoms with Crippen molar-refractivity contribution < 1.29 is 9.90 Å². The van der Waals surface area contributed by atoms with Crippen molar-refractivity contribution in [3.63, 3.8) is 0 Å². The first-order valence-corrected chi connectivity index (χ1v) is 5.82. The second kappa shape index (κ2) is 5.29. The van der Waals surface area contributed by atoms with Crippen molar-refractivity contribution in [2.24, 2.45) is 0 Å². The SMILES string of the molecule is Nc1cccc(C(=O)Nc2cc(Cl)nc(Cl)n2)c1O. The van der Waals surface area contributed by atoms with Gasteiger partial charge in [-0.2, -0.15) is 0 Å². The molecule has 1 amide bonds.